The number of furan rings is 1. The van der Waals surface area contributed by atoms with E-state index in [9.17, 15) is 9.59 Å². The minimum atomic E-state index is -0.708. The van der Waals surface area contributed by atoms with Crippen molar-refractivity contribution in [3.8, 4) is 5.75 Å². The summed E-state index contributed by atoms with van der Waals surface area (Å²) < 4.78 is 24.9. The normalized spacial score (nSPS) is 18.0. The van der Waals surface area contributed by atoms with Crippen LogP contribution < -0.4 is 24.5 Å². The maximum Gasteiger partial charge on any atom is 0.338 e. The smallest absolute Gasteiger partial charge is 0.338 e. The number of anilines is 1. The third-order valence-corrected chi connectivity index (χ3v) is 7.82. The lowest BCUT2D eigenvalue weighted by Crippen LogP contribution is -2.39. The Balaban J connectivity index is 1.62. The van der Waals surface area contributed by atoms with Crippen molar-refractivity contribution in [1.82, 2.24) is 4.57 Å². The predicted molar refractivity (Wildman–Crippen MR) is 143 cm³/mol. The van der Waals surface area contributed by atoms with Crippen LogP contribution in [0.15, 0.2) is 60.3 Å². The Labute approximate surface area is 225 Å². The van der Waals surface area contributed by atoms with Crippen molar-refractivity contribution in [2.45, 2.75) is 19.9 Å². The van der Waals surface area contributed by atoms with Gasteiger partial charge in [-0.2, -0.15) is 0 Å². The molecule has 1 unspecified atom stereocenters. The van der Waals surface area contributed by atoms with Crippen molar-refractivity contribution < 1.29 is 23.4 Å². The fraction of sp³-hybridized carbons (Fsp3) is 0.346. The predicted octanol–water partition coefficient (Wildman–Crippen LogP) is 3.00. The summed E-state index contributed by atoms with van der Waals surface area (Å²) in [6, 6.07) is 8.51. The third-order valence-electron chi connectivity index (χ3n) is 6.22. The summed E-state index contributed by atoms with van der Waals surface area (Å²) in [5.41, 5.74) is 1.30. The summed E-state index contributed by atoms with van der Waals surface area (Å²) in [6.07, 6.45) is 1.72. The molecule has 11 heteroatoms. The number of halogens is 1. The van der Waals surface area contributed by atoms with Crippen LogP contribution in [-0.4, -0.2) is 50.6 Å². The third kappa shape index (κ3) is 4.90. The van der Waals surface area contributed by atoms with Gasteiger partial charge in [0.15, 0.2) is 10.7 Å². The Kier molecular flexibility index (Phi) is 7.36. The molecule has 9 nitrogen and oxygen atoms in total. The fourth-order valence-corrected chi connectivity index (χ4v) is 6.05. The van der Waals surface area contributed by atoms with Crippen LogP contribution in [0.25, 0.3) is 6.08 Å². The lowest BCUT2D eigenvalue weighted by atomic mass is 9.96. The summed E-state index contributed by atoms with van der Waals surface area (Å²) in [5.74, 6) is 1.44. The van der Waals surface area contributed by atoms with Gasteiger partial charge in [-0.05, 0) is 53.5 Å². The second-order valence-corrected chi connectivity index (χ2v) is 10.3. The number of allylic oxidation sites excluding steroid dienone is 1. The number of rotatable bonds is 6. The van der Waals surface area contributed by atoms with Gasteiger partial charge in [-0.15, -0.1) is 0 Å². The zero-order chi connectivity index (χ0) is 26.1. The molecule has 0 saturated carbocycles. The maximum absolute atomic E-state index is 13.8. The van der Waals surface area contributed by atoms with Gasteiger partial charge in [0.1, 0.15) is 11.5 Å². The van der Waals surface area contributed by atoms with Crippen LogP contribution in [0.3, 0.4) is 0 Å². The summed E-state index contributed by atoms with van der Waals surface area (Å²) in [5, 5.41) is 0. The number of esters is 1. The number of hydrogen-bond acceptors (Lipinski definition) is 9. The second kappa shape index (κ2) is 10.7. The highest BCUT2D eigenvalue weighted by molar-refractivity contribution is 9.10. The fourth-order valence-electron chi connectivity index (χ4n) is 4.46. The molecule has 2 aliphatic heterocycles. The lowest BCUT2D eigenvalue weighted by Gasteiger charge is -2.26. The Morgan fingerprint density at radius 2 is 2.05 bits per heavy atom. The molecule has 0 radical (unpaired) electrons. The molecule has 37 heavy (non-hydrogen) atoms. The van der Waals surface area contributed by atoms with Crippen LogP contribution in [0.1, 0.15) is 31.2 Å². The molecule has 5 rings (SSSR count). The van der Waals surface area contributed by atoms with Crippen LogP contribution in [0.4, 0.5) is 5.88 Å². The van der Waals surface area contributed by atoms with Crippen LogP contribution in [0, 0.1) is 0 Å². The van der Waals surface area contributed by atoms with E-state index in [1.807, 2.05) is 24.3 Å². The van der Waals surface area contributed by atoms with Gasteiger partial charge in [0.2, 0.25) is 0 Å². The molecule has 194 valence electrons. The van der Waals surface area contributed by atoms with E-state index in [-0.39, 0.29) is 12.2 Å². The number of ether oxygens (including phenoxy) is 3. The van der Waals surface area contributed by atoms with Crippen LogP contribution in [0.2, 0.25) is 0 Å². The maximum atomic E-state index is 13.8. The standard InChI is InChI=1S/C26H26BrN3O6S/c1-4-35-25(32)22-15(2)28-26-30(23(22)16-5-7-19(33-3)18(27)13-16)24(31)20(37-26)14-17-6-8-21(36-17)29-9-11-34-12-10-29/h5-8,13-14,23H,4,9-12H2,1-3H3/b20-14-. The molecule has 2 aliphatic rings. The molecule has 1 saturated heterocycles. The number of hydrogen-bond donors (Lipinski definition) is 0. The van der Waals surface area contributed by atoms with E-state index in [1.165, 1.54) is 11.3 Å². The average Bonchev–Trinajstić information content (AvgIpc) is 3.48. The molecule has 0 N–H and O–H groups in total. The molecule has 1 aromatic carbocycles. The average molecular weight is 588 g/mol. The molecule has 4 heterocycles. The molecular weight excluding hydrogens is 562 g/mol. The number of thiazole rings is 1. The topological polar surface area (TPSA) is 95.5 Å². The number of carbonyl (C=O) groups excluding carboxylic acids is 1. The Morgan fingerprint density at radius 1 is 1.27 bits per heavy atom. The molecule has 2 aromatic heterocycles. The highest BCUT2D eigenvalue weighted by atomic mass is 79.9. The molecule has 0 bridgehead atoms. The van der Waals surface area contributed by atoms with Crippen molar-refractivity contribution in [2.75, 3.05) is 44.9 Å². The van der Waals surface area contributed by atoms with Crippen molar-refractivity contribution >= 4 is 45.2 Å². The monoisotopic (exact) mass is 587 g/mol. The second-order valence-electron chi connectivity index (χ2n) is 8.47. The first kappa shape index (κ1) is 25.5. The minimum absolute atomic E-state index is 0.211. The van der Waals surface area contributed by atoms with Gasteiger partial charge in [0, 0.05) is 25.2 Å². The van der Waals surface area contributed by atoms with Crippen LogP contribution in [-0.2, 0) is 14.3 Å². The van der Waals surface area contributed by atoms with E-state index in [0.29, 0.717) is 49.8 Å². The number of fused-ring (bicyclic) bond motifs is 1. The molecule has 3 aromatic rings. The van der Waals surface area contributed by atoms with Gasteiger partial charge in [0.25, 0.3) is 5.56 Å². The first-order valence-corrected chi connectivity index (χ1v) is 13.5. The zero-order valence-electron chi connectivity index (χ0n) is 20.7. The highest BCUT2D eigenvalue weighted by Gasteiger charge is 2.33. The number of nitrogens with zero attached hydrogens (tertiary/aromatic N) is 3. The van der Waals surface area contributed by atoms with E-state index in [0.717, 1.165) is 24.5 Å². The van der Waals surface area contributed by atoms with Gasteiger partial charge >= 0.3 is 5.97 Å². The number of methoxy groups -OCH3 is 1. The van der Waals surface area contributed by atoms with Gasteiger partial charge in [-0.25, -0.2) is 9.79 Å². The number of aromatic nitrogens is 1. The highest BCUT2D eigenvalue weighted by Crippen LogP contribution is 2.35. The summed E-state index contributed by atoms with van der Waals surface area (Å²) in [4.78, 5) is 34.0. The van der Waals surface area contributed by atoms with Crippen molar-refractivity contribution in [3.63, 3.8) is 0 Å². The van der Waals surface area contributed by atoms with Crippen LogP contribution >= 0.6 is 27.3 Å². The Morgan fingerprint density at radius 3 is 2.76 bits per heavy atom. The van der Waals surface area contributed by atoms with Gasteiger partial charge in [0.05, 0.1) is 53.2 Å². The summed E-state index contributed by atoms with van der Waals surface area (Å²) in [6.45, 7) is 6.52. The van der Waals surface area contributed by atoms with Crippen molar-refractivity contribution in [3.05, 3.63) is 77.1 Å². The number of morpholine rings is 1. The van der Waals surface area contributed by atoms with E-state index < -0.39 is 12.0 Å². The van der Waals surface area contributed by atoms with Crippen molar-refractivity contribution in [1.29, 1.82) is 0 Å². The Hall–Kier alpha value is -3.15. The number of carbonyl (C=O) groups is 1. The first-order valence-electron chi connectivity index (χ1n) is 11.9. The number of benzene rings is 1. The van der Waals surface area contributed by atoms with E-state index in [2.05, 4.69) is 25.8 Å². The minimum Gasteiger partial charge on any atom is -0.496 e. The van der Waals surface area contributed by atoms with Gasteiger partial charge in [-0.3, -0.25) is 9.36 Å². The van der Waals surface area contributed by atoms with E-state index in [1.54, 1.807) is 37.7 Å². The first-order chi connectivity index (χ1) is 17.9. The van der Waals surface area contributed by atoms with Gasteiger partial charge < -0.3 is 23.5 Å². The molecule has 0 aliphatic carbocycles. The van der Waals surface area contributed by atoms with E-state index >= 15 is 0 Å². The molecule has 1 atom stereocenters. The molecular formula is C26H26BrN3O6S. The molecule has 1 fully saturated rings. The van der Waals surface area contributed by atoms with Crippen molar-refractivity contribution in [2.24, 2.45) is 4.99 Å². The van der Waals surface area contributed by atoms with Crippen LogP contribution in [0.5, 0.6) is 5.75 Å². The zero-order valence-corrected chi connectivity index (χ0v) is 23.1. The summed E-state index contributed by atoms with van der Waals surface area (Å²) in [7, 11) is 1.58. The molecule has 0 spiro atoms. The molecule has 0 amide bonds. The SMILES string of the molecule is CCOC(=O)C1=C(C)N=c2s/c(=C\c3ccc(N4CCOCC4)o3)c(=O)n2C1c1ccc(OC)c(Br)c1. The summed E-state index contributed by atoms with van der Waals surface area (Å²) >= 11 is 4.78. The quantitative estimate of drug-likeness (QED) is 0.409. The van der Waals surface area contributed by atoms with Gasteiger partial charge in [-0.1, -0.05) is 17.4 Å². The lowest BCUT2D eigenvalue weighted by molar-refractivity contribution is -0.139. The largest absolute Gasteiger partial charge is 0.496 e. The Bertz CT molecular complexity index is 1550. The van der Waals surface area contributed by atoms with E-state index in [4.69, 9.17) is 18.6 Å².